The highest BCUT2D eigenvalue weighted by Crippen LogP contribution is 2.22. The number of aryl methyl sites for hydroxylation is 1. The van der Waals surface area contributed by atoms with E-state index in [4.69, 9.17) is 14.2 Å². The summed E-state index contributed by atoms with van der Waals surface area (Å²) in [5.41, 5.74) is -0.237. The van der Waals surface area contributed by atoms with Crippen molar-refractivity contribution < 1.29 is 23.8 Å². The van der Waals surface area contributed by atoms with E-state index in [0.29, 0.717) is 11.5 Å². The Bertz CT molecular complexity index is 1350. The maximum atomic E-state index is 12.8. The van der Waals surface area contributed by atoms with E-state index < -0.39 is 29.2 Å². The minimum atomic E-state index is -0.909. The van der Waals surface area contributed by atoms with E-state index in [9.17, 15) is 19.2 Å². The molecule has 0 saturated carbocycles. The molecule has 0 aliphatic carbocycles. The third-order valence-electron chi connectivity index (χ3n) is 5.61. The highest BCUT2D eigenvalue weighted by Gasteiger charge is 2.27. The molecule has 2 heterocycles. The summed E-state index contributed by atoms with van der Waals surface area (Å²) in [5.74, 6) is -0.477. The third kappa shape index (κ3) is 5.20. The number of methoxy groups -OCH3 is 2. The summed E-state index contributed by atoms with van der Waals surface area (Å²) in [7, 11) is 5.86. The van der Waals surface area contributed by atoms with Crippen LogP contribution in [0.4, 0.5) is 0 Å². The fourth-order valence-corrected chi connectivity index (χ4v) is 3.56. The van der Waals surface area contributed by atoms with Crippen LogP contribution < -0.4 is 26.0 Å². The van der Waals surface area contributed by atoms with Gasteiger partial charge >= 0.3 is 11.7 Å². The van der Waals surface area contributed by atoms with Gasteiger partial charge in [0.15, 0.2) is 11.2 Å². The fraction of sp³-hybridized carbons (Fsp3) is 0.435. The molecular formula is C23H29N5O7. The molecule has 0 fully saturated rings. The number of fused-ring (bicyclic) bond motifs is 1. The molecule has 188 valence electrons. The van der Waals surface area contributed by atoms with Crippen LogP contribution in [0.5, 0.6) is 11.5 Å². The lowest BCUT2D eigenvalue weighted by atomic mass is 10.0. The highest BCUT2D eigenvalue weighted by atomic mass is 16.5. The first-order chi connectivity index (χ1) is 16.6. The number of carbonyl (C=O) groups is 2. The molecule has 1 N–H and O–H groups in total. The number of aromatic nitrogens is 4. The van der Waals surface area contributed by atoms with Gasteiger partial charge in [-0.15, -0.1) is 0 Å². The van der Waals surface area contributed by atoms with Crippen LogP contribution in [0.25, 0.3) is 11.2 Å². The quantitative estimate of drug-likeness (QED) is 0.430. The molecule has 0 spiro atoms. The Morgan fingerprint density at radius 3 is 2.23 bits per heavy atom. The van der Waals surface area contributed by atoms with Crippen LogP contribution in [0.3, 0.4) is 0 Å². The molecule has 35 heavy (non-hydrogen) atoms. The Morgan fingerprint density at radius 1 is 1.03 bits per heavy atom. The van der Waals surface area contributed by atoms with Gasteiger partial charge in [-0.1, -0.05) is 13.8 Å². The van der Waals surface area contributed by atoms with Gasteiger partial charge < -0.3 is 24.1 Å². The monoisotopic (exact) mass is 487 g/mol. The largest absolute Gasteiger partial charge is 0.497 e. The second kappa shape index (κ2) is 10.5. The predicted octanol–water partition coefficient (Wildman–Crippen LogP) is 0.449. The van der Waals surface area contributed by atoms with Gasteiger partial charge in [-0.05, 0) is 18.1 Å². The number of nitrogens with zero attached hydrogens (tertiary/aromatic N) is 4. The maximum absolute atomic E-state index is 12.8. The maximum Gasteiger partial charge on any atom is 0.332 e. The number of nitrogens with one attached hydrogen (secondary N) is 1. The fourth-order valence-electron chi connectivity index (χ4n) is 3.56. The molecule has 1 atom stereocenters. The number of benzene rings is 1. The summed E-state index contributed by atoms with van der Waals surface area (Å²) in [4.78, 5) is 54.4. The van der Waals surface area contributed by atoms with Crippen molar-refractivity contribution in [3.05, 3.63) is 50.9 Å². The van der Waals surface area contributed by atoms with Crippen molar-refractivity contribution in [1.82, 2.24) is 24.0 Å². The van der Waals surface area contributed by atoms with Crippen LogP contribution in [0.2, 0.25) is 0 Å². The first kappa shape index (κ1) is 25.5. The molecule has 12 heteroatoms. The molecule has 0 saturated heterocycles. The summed E-state index contributed by atoms with van der Waals surface area (Å²) in [6.07, 6.45) is 1.41. The Hall–Kier alpha value is -4.09. The lowest BCUT2D eigenvalue weighted by molar-refractivity contribution is -0.147. The van der Waals surface area contributed by atoms with Crippen molar-refractivity contribution in [2.45, 2.75) is 26.4 Å². The van der Waals surface area contributed by atoms with Crippen molar-refractivity contribution in [1.29, 1.82) is 0 Å². The molecule has 0 aliphatic heterocycles. The molecule has 1 unspecified atom stereocenters. The number of esters is 1. The second-order valence-electron chi connectivity index (χ2n) is 8.28. The van der Waals surface area contributed by atoms with Crippen LogP contribution >= 0.6 is 0 Å². The van der Waals surface area contributed by atoms with Gasteiger partial charge in [0.1, 0.15) is 24.1 Å². The van der Waals surface area contributed by atoms with E-state index in [1.165, 1.54) is 43.8 Å². The zero-order chi connectivity index (χ0) is 25.9. The second-order valence-corrected chi connectivity index (χ2v) is 8.28. The lowest BCUT2D eigenvalue weighted by Gasteiger charge is -2.21. The van der Waals surface area contributed by atoms with Gasteiger partial charge in [0.2, 0.25) is 0 Å². The molecule has 0 aliphatic rings. The van der Waals surface area contributed by atoms with Gasteiger partial charge in [-0.25, -0.2) is 14.6 Å². The van der Waals surface area contributed by atoms with Crippen molar-refractivity contribution in [3.8, 4) is 11.5 Å². The number of rotatable bonds is 9. The van der Waals surface area contributed by atoms with Crippen LogP contribution in [0.15, 0.2) is 34.1 Å². The number of imidazole rings is 1. The number of hydrogen-bond donors (Lipinski definition) is 1. The Morgan fingerprint density at radius 2 is 1.66 bits per heavy atom. The first-order valence-electron chi connectivity index (χ1n) is 10.9. The molecule has 12 nitrogen and oxygen atoms in total. The van der Waals surface area contributed by atoms with Crippen molar-refractivity contribution in [2.75, 3.05) is 20.8 Å². The standard InChI is InChI=1S/C23H29N5O7/c1-13(2)17(25-20(29)14-9-15(33-5)11-16(10-14)34-6)22(31)35-8-7-28-12-24-19-18(28)21(30)27(4)23(32)26(19)3/h9-13,17H,7-8H2,1-6H3,(H,25,29). The normalized spacial score (nSPS) is 12.0. The SMILES string of the molecule is COc1cc(OC)cc(C(=O)NC(C(=O)OCCn2cnc3c2c(=O)n(C)c(=O)n3C)C(C)C)c1. The van der Waals surface area contributed by atoms with Crippen molar-refractivity contribution in [2.24, 2.45) is 20.0 Å². The average molecular weight is 488 g/mol. The summed E-state index contributed by atoms with van der Waals surface area (Å²) in [6.45, 7) is 3.64. The summed E-state index contributed by atoms with van der Waals surface area (Å²) < 4.78 is 19.6. The van der Waals surface area contributed by atoms with E-state index >= 15 is 0 Å². The number of hydrogen-bond acceptors (Lipinski definition) is 8. The summed E-state index contributed by atoms with van der Waals surface area (Å²) in [5, 5.41) is 2.70. The minimum absolute atomic E-state index is 0.0671. The third-order valence-corrected chi connectivity index (χ3v) is 5.61. The molecule has 0 bridgehead atoms. The molecule has 3 rings (SSSR count). The Balaban J connectivity index is 1.71. The molecular weight excluding hydrogens is 458 g/mol. The minimum Gasteiger partial charge on any atom is -0.497 e. The number of amides is 1. The molecule has 0 radical (unpaired) electrons. The zero-order valence-corrected chi connectivity index (χ0v) is 20.5. The van der Waals surface area contributed by atoms with Gasteiger partial charge in [0.05, 0.1) is 27.1 Å². The van der Waals surface area contributed by atoms with Gasteiger partial charge in [0.25, 0.3) is 11.5 Å². The van der Waals surface area contributed by atoms with Crippen molar-refractivity contribution in [3.63, 3.8) is 0 Å². The Kier molecular flexibility index (Phi) is 7.62. The molecule has 1 aromatic carbocycles. The smallest absolute Gasteiger partial charge is 0.332 e. The van der Waals surface area contributed by atoms with E-state index in [0.717, 1.165) is 4.57 Å². The lowest BCUT2D eigenvalue weighted by Crippen LogP contribution is -2.45. The van der Waals surface area contributed by atoms with E-state index in [1.807, 2.05) is 0 Å². The summed E-state index contributed by atoms with van der Waals surface area (Å²) >= 11 is 0. The summed E-state index contributed by atoms with van der Waals surface area (Å²) in [6, 6.07) is 3.81. The molecule has 1 amide bonds. The first-order valence-corrected chi connectivity index (χ1v) is 10.9. The van der Waals surface area contributed by atoms with E-state index in [2.05, 4.69) is 10.3 Å². The Labute approximate surface area is 201 Å². The molecule has 3 aromatic rings. The number of carbonyl (C=O) groups excluding carboxylic acids is 2. The average Bonchev–Trinajstić information content (AvgIpc) is 3.27. The van der Waals surface area contributed by atoms with E-state index in [1.54, 1.807) is 32.0 Å². The van der Waals surface area contributed by atoms with Crippen LogP contribution in [0.1, 0.15) is 24.2 Å². The zero-order valence-electron chi connectivity index (χ0n) is 20.5. The predicted molar refractivity (Wildman–Crippen MR) is 127 cm³/mol. The number of ether oxygens (including phenoxy) is 3. The molecule has 2 aromatic heterocycles. The van der Waals surface area contributed by atoms with Crippen molar-refractivity contribution >= 4 is 23.0 Å². The van der Waals surface area contributed by atoms with Gasteiger partial charge in [-0.2, -0.15) is 0 Å². The van der Waals surface area contributed by atoms with Gasteiger partial charge in [0, 0.05) is 25.7 Å². The van der Waals surface area contributed by atoms with E-state index in [-0.39, 0.29) is 35.8 Å². The van der Waals surface area contributed by atoms with Crippen LogP contribution in [-0.4, -0.2) is 57.4 Å². The van der Waals surface area contributed by atoms with Crippen LogP contribution in [-0.2, 0) is 30.2 Å². The topological polar surface area (TPSA) is 136 Å². The van der Waals surface area contributed by atoms with Crippen LogP contribution in [0, 0.1) is 5.92 Å². The highest BCUT2D eigenvalue weighted by molar-refractivity contribution is 5.97. The van der Waals surface area contributed by atoms with Gasteiger partial charge in [-0.3, -0.25) is 18.7 Å².